The van der Waals surface area contributed by atoms with Crippen LogP contribution in [-0.2, 0) is 11.2 Å². The van der Waals surface area contributed by atoms with Crippen LogP contribution < -0.4 is 10.6 Å². The summed E-state index contributed by atoms with van der Waals surface area (Å²) in [6, 6.07) is 3.85. The second kappa shape index (κ2) is 7.49. The number of hydrogen-bond donors (Lipinski definition) is 2. The van der Waals surface area contributed by atoms with Crippen LogP contribution >= 0.6 is 11.6 Å². The third-order valence-corrected chi connectivity index (χ3v) is 3.85. The van der Waals surface area contributed by atoms with Gasteiger partial charge in [0.1, 0.15) is 5.82 Å². The van der Waals surface area contributed by atoms with Gasteiger partial charge in [-0.25, -0.2) is 4.39 Å². The van der Waals surface area contributed by atoms with Crippen LogP contribution in [-0.4, -0.2) is 30.7 Å². The normalized spacial score (nSPS) is 20.9. The fraction of sp³-hybridized carbons (Fsp3) is 0.533. The average Bonchev–Trinajstić information content (AvgIpc) is 2.32. The monoisotopic (exact) mass is 352 g/mol. The second-order valence-corrected chi connectivity index (χ2v) is 6.14. The number of carbonyl (C=O) groups is 1. The predicted octanol–water partition coefficient (Wildman–Crippen LogP) is 3.21. The molecule has 8 heteroatoms. The van der Waals surface area contributed by atoms with Crippen molar-refractivity contribution in [3.63, 3.8) is 0 Å². The summed E-state index contributed by atoms with van der Waals surface area (Å²) in [6.45, 7) is -0.114. The van der Waals surface area contributed by atoms with E-state index in [0.29, 0.717) is 18.4 Å². The van der Waals surface area contributed by atoms with Crippen LogP contribution in [0.25, 0.3) is 0 Å². The summed E-state index contributed by atoms with van der Waals surface area (Å²) in [7, 11) is 0. The Morgan fingerprint density at radius 3 is 2.52 bits per heavy atom. The summed E-state index contributed by atoms with van der Waals surface area (Å²) >= 11 is 5.72. The molecular formula is C15H17ClF4N2O. The molecule has 1 fully saturated rings. The first kappa shape index (κ1) is 18.0. The van der Waals surface area contributed by atoms with Crippen molar-refractivity contribution in [3.8, 4) is 0 Å². The minimum absolute atomic E-state index is 0.00809. The molecule has 1 aliphatic rings. The molecular weight excluding hydrogens is 336 g/mol. The molecule has 1 aliphatic carbocycles. The van der Waals surface area contributed by atoms with Gasteiger partial charge in [0.15, 0.2) is 0 Å². The lowest BCUT2D eigenvalue weighted by molar-refractivity contribution is -0.133. The maximum absolute atomic E-state index is 13.2. The third kappa shape index (κ3) is 6.35. The van der Waals surface area contributed by atoms with Crippen LogP contribution in [0.1, 0.15) is 24.8 Å². The van der Waals surface area contributed by atoms with Crippen molar-refractivity contribution >= 4 is 17.5 Å². The molecule has 1 amide bonds. The Labute approximate surface area is 136 Å². The summed E-state index contributed by atoms with van der Waals surface area (Å²) in [5.41, 5.74) is 0.478. The van der Waals surface area contributed by atoms with Crippen molar-refractivity contribution in [2.75, 3.05) is 6.54 Å². The van der Waals surface area contributed by atoms with E-state index in [1.165, 1.54) is 12.1 Å². The van der Waals surface area contributed by atoms with Crippen molar-refractivity contribution in [1.29, 1.82) is 0 Å². The van der Waals surface area contributed by atoms with Crippen LogP contribution in [0.5, 0.6) is 0 Å². The molecule has 2 rings (SSSR count). The minimum atomic E-state index is -4.16. The molecule has 0 spiro atoms. The summed E-state index contributed by atoms with van der Waals surface area (Å²) < 4.78 is 49.2. The smallest absolute Gasteiger partial charge is 0.353 e. The van der Waals surface area contributed by atoms with Gasteiger partial charge in [0.2, 0.25) is 5.91 Å². The number of halogens is 5. The van der Waals surface area contributed by atoms with Gasteiger partial charge >= 0.3 is 6.18 Å². The maximum atomic E-state index is 13.2. The van der Waals surface area contributed by atoms with Crippen molar-refractivity contribution in [1.82, 2.24) is 10.6 Å². The number of alkyl halides is 3. The Balaban J connectivity index is 1.66. The van der Waals surface area contributed by atoms with Gasteiger partial charge in [0, 0.05) is 23.7 Å². The lowest BCUT2D eigenvalue weighted by atomic mass is 9.86. The first-order chi connectivity index (χ1) is 10.7. The summed E-state index contributed by atoms with van der Waals surface area (Å²) in [5, 5.41) is 5.81. The van der Waals surface area contributed by atoms with Crippen LogP contribution in [0, 0.1) is 5.82 Å². The van der Waals surface area contributed by atoms with E-state index in [0.717, 1.165) is 6.07 Å². The molecule has 0 aromatic heterocycles. The van der Waals surface area contributed by atoms with Crippen LogP contribution in [0.4, 0.5) is 17.6 Å². The molecule has 1 aromatic rings. The minimum Gasteiger partial charge on any atom is -0.353 e. The highest BCUT2D eigenvalue weighted by atomic mass is 35.5. The highest BCUT2D eigenvalue weighted by Gasteiger charge is 2.32. The molecule has 0 heterocycles. The topological polar surface area (TPSA) is 41.1 Å². The molecule has 0 aliphatic heterocycles. The van der Waals surface area contributed by atoms with Gasteiger partial charge in [-0.15, -0.1) is 0 Å². The predicted molar refractivity (Wildman–Crippen MR) is 78.7 cm³/mol. The lowest BCUT2D eigenvalue weighted by Gasteiger charge is -2.36. The largest absolute Gasteiger partial charge is 0.390 e. The van der Waals surface area contributed by atoms with Crippen LogP contribution in [0.2, 0.25) is 5.02 Å². The highest BCUT2D eigenvalue weighted by Crippen LogP contribution is 2.22. The summed E-state index contributed by atoms with van der Waals surface area (Å²) in [4.78, 5) is 11.8. The van der Waals surface area contributed by atoms with E-state index < -0.39 is 18.4 Å². The van der Waals surface area contributed by atoms with E-state index in [2.05, 4.69) is 10.6 Å². The average molecular weight is 353 g/mol. The van der Waals surface area contributed by atoms with Crippen LogP contribution in [0.3, 0.4) is 0 Å². The van der Waals surface area contributed by atoms with E-state index in [1.54, 1.807) is 0 Å². The van der Waals surface area contributed by atoms with Crippen molar-refractivity contribution < 1.29 is 22.4 Å². The Bertz CT molecular complexity index is 539. The molecule has 0 bridgehead atoms. The summed E-state index contributed by atoms with van der Waals surface area (Å²) in [5.74, 6) is -0.761. The number of benzene rings is 1. The van der Waals surface area contributed by atoms with Gasteiger partial charge in [-0.3, -0.25) is 4.79 Å². The molecule has 1 saturated carbocycles. The molecule has 0 saturated heterocycles. The lowest BCUT2D eigenvalue weighted by Crippen LogP contribution is -2.53. The Hall–Kier alpha value is -1.34. The highest BCUT2D eigenvalue weighted by molar-refractivity contribution is 6.30. The number of nitrogens with one attached hydrogen (secondary N) is 2. The standard InChI is InChI=1S/C15H17ClF4N2O/c16-10-3-9(4-11(17)6-10)5-14(23)22-13-7-12(8-13)21-2-1-15(18,19)20/h3-4,6,12-13,21H,1-2,5,7-8H2,(H,22,23)/t12-,13-. The Morgan fingerprint density at radius 1 is 1.22 bits per heavy atom. The van der Waals surface area contributed by atoms with E-state index in [1.807, 2.05) is 0 Å². The van der Waals surface area contributed by atoms with Crippen molar-refractivity contribution in [3.05, 3.63) is 34.6 Å². The Morgan fingerprint density at radius 2 is 1.91 bits per heavy atom. The van der Waals surface area contributed by atoms with Crippen molar-refractivity contribution in [2.24, 2.45) is 0 Å². The molecule has 0 atom stereocenters. The quantitative estimate of drug-likeness (QED) is 0.772. The molecule has 2 N–H and O–H groups in total. The van der Waals surface area contributed by atoms with Gasteiger partial charge < -0.3 is 10.6 Å². The molecule has 128 valence electrons. The molecule has 23 heavy (non-hydrogen) atoms. The van der Waals surface area contributed by atoms with Gasteiger partial charge in [0.25, 0.3) is 0 Å². The van der Waals surface area contributed by atoms with E-state index in [4.69, 9.17) is 11.6 Å². The SMILES string of the molecule is O=C(Cc1cc(F)cc(Cl)c1)N[C@H]1C[C@H](NCCC(F)(F)F)C1. The third-order valence-electron chi connectivity index (χ3n) is 3.63. The van der Waals surface area contributed by atoms with Gasteiger partial charge in [-0.1, -0.05) is 11.6 Å². The summed E-state index contributed by atoms with van der Waals surface area (Å²) in [6.07, 6.45) is -3.82. The van der Waals surface area contributed by atoms with Gasteiger partial charge in [-0.2, -0.15) is 13.2 Å². The first-order valence-corrected chi connectivity index (χ1v) is 7.63. The van der Waals surface area contributed by atoms with Crippen molar-refractivity contribution in [2.45, 2.75) is 43.9 Å². The first-order valence-electron chi connectivity index (χ1n) is 7.26. The van der Waals surface area contributed by atoms with Gasteiger partial charge in [0.05, 0.1) is 12.8 Å². The fourth-order valence-electron chi connectivity index (χ4n) is 2.50. The van der Waals surface area contributed by atoms with Crippen LogP contribution in [0.15, 0.2) is 18.2 Å². The molecule has 1 aromatic carbocycles. The fourth-order valence-corrected chi connectivity index (χ4v) is 2.74. The second-order valence-electron chi connectivity index (χ2n) is 5.71. The number of rotatable bonds is 6. The molecule has 3 nitrogen and oxygen atoms in total. The zero-order chi connectivity index (χ0) is 17.0. The number of carbonyl (C=O) groups excluding carboxylic acids is 1. The zero-order valence-corrected chi connectivity index (χ0v) is 13.0. The molecule has 0 unspecified atom stereocenters. The number of hydrogen-bond acceptors (Lipinski definition) is 2. The number of amides is 1. The van der Waals surface area contributed by atoms with E-state index >= 15 is 0 Å². The van der Waals surface area contributed by atoms with Gasteiger partial charge in [-0.05, 0) is 36.6 Å². The molecule has 0 radical (unpaired) electrons. The zero-order valence-electron chi connectivity index (χ0n) is 12.2. The van der Waals surface area contributed by atoms with E-state index in [9.17, 15) is 22.4 Å². The Kier molecular flexibility index (Phi) is 5.86. The van der Waals surface area contributed by atoms with E-state index in [-0.39, 0.29) is 36.0 Å². The maximum Gasteiger partial charge on any atom is 0.390 e.